The topological polar surface area (TPSA) is 46.9 Å². The average molecular weight is 459 g/mol. The average Bonchev–Trinajstić information content (AvgIpc) is 3.10. The van der Waals surface area contributed by atoms with Crippen molar-refractivity contribution in [1.82, 2.24) is 14.9 Å². The maximum atomic E-state index is 12.7. The summed E-state index contributed by atoms with van der Waals surface area (Å²) in [5, 5.41) is 4.77. The molecule has 1 aromatic heterocycles. The Morgan fingerprint density at radius 3 is 2.33 bits per heavy atom. The van der Waals surface area contributed by atoms with Gasteiger partial charge in [0.1, 0.15) is 5.82 Å². The lowest BCUT2D eigenvalue weighted by Gasteiger charge is -2.17. The van der Waals surface area contributed by atoms with Crippen LogP contribution in [0.3, 0.4) is 0 Å². The Kier molecular flexibility index (Phi) is 6.00. The maximum absolute atomic E-state index is 12.7. The third-order valence-electron chi connectivity index (χ3n) is 4.90. The van der Waals surface area contributed by atoms with Gasteiger partial charge in [-0.25, -0.2) is 4.98 Å². The summed E-state index contributed by atoms with van der Waals surface area (Å²) < 4.78 is 2.04. The fraction of sp³-hybridized carbons (Fsp3) is 0.130. The number of amides is 1. The highest BCUT2D eigenvalue weighted by atomic mass is 35.5. The largest absolute Gasteiger partial charge is 0.342 e. The molecule has 1 atom stereocenters. The number of halogens is 3. The molecule has 7 heteroatoms. The molecule has 0 aliphatic rings. The Balaban J connectivity index is 1.70. The molecule has 4 aromatic rings. The van der Waals surface area contributed by atoms with E-state index in [-0.39, 0.29) is 11.9 Å². The summed E-state index contributed by atoms with van der Waals surface area (Å²) in [6.45, 7) is 2.34. The normalized spacial score (nSPS) is 12.1. The second kappa shape index (κ2) is 8.68. The van der Waals surface area contributed by atoms with Crippen LogP contribution in [0.2, 0.25) is 15.1 Å². The van der Waals surface area contributed by atoms with Crippen molar-refractivity contribution in [2.24, 2.45) is 0 Å². The predicted octanol–water partition coefficient (Wildman–Crippen LogP) is 6.54. The van der Waals surface area contributed by atoms with E-state index in [9.17, 15) is 4.79 Å². The van der Waals surface area contributed by atoms with E-state index in [1.165, 1.54) is 0 Å². The zero-order valence-electron chi connectivity index (χ0n) is 16.1. The third kappa shape index (κ3) is 4.17. The van der Waals surface area contributed by atoms with Crippen LogP contribution in [0.5, 0.6) is 0 Å². The van der Waals surface area contributed by atoms with Crippen molar-refractivity contribution in [3.63, 3.8) is 0 Å². The molecule has 4 nitrogen and oxygen atoms in total. The second-order valence-corrected chi connectivity index (χ2v) is 8.20. The monoisotopic (exact) mass is 457 g/mol. The molecule has 0 saturated heterocycles. The van der Waals surface area contributed by atoms with Gasteiger partial charge in [-0.05, 0) is 55.5 Å². The van der Waals surface area contributed by atoms with Gasteiger partial charge in [-0.2, -0.15) is 0 Å². The predicted molar refractivity (Wildman–Crippen MR) is 123 cm³/mol. The highest BCUT2D eigenvalue weighted by Crippen LogP contribution is 2.29. The molecule has 0 saturated carbocycles. The number of hydrogen-bond donors (Lipinski definition) is 1. The smallest absolute Gasteiger partial charge is 0.251 e. The SMILES string of the molecule is CC(NC(=O)c1ccc(Cl)cc1)c1nc2ccccc2n1Cc1c(Cl)cccc1Cl. The van der Waals surface area contributed by atoms with Crippen LogP contribution in [0.25, 0.3) is 11.0 Å². The van der Waals surface area contributed by atoms with Crippen LogP contribution in [0.15, 0.2) is 66.7 Å². The number of fused-ring (bicyclic) bond motifs is 1. The third-order valence-corrected chi connectivity index (χ3v) is 5.86. The fourth-order valence-corrected chi connectivity index (χ4v) is 4.02. The number of para-hydroxylation sites is 2. The molecule has 1 unspecified atom stereocenters. The zero-order valence-corrected chi connectivity index (χ0v) is 18.3. The molecule has 0 aliphatic heterocycles. The number of hydrogen-bond acceptors (Lipinski definition) is 2. The van der Waals surface area contributed by atoms with Crippen LogP contribution < -0.4 is 5.32 Å². The van der Waals surface area contributed by atoms with Crippen molar-refractivity contribution in [2.75, 3.05) is 0 Å². The molecule has 1 heterocycles. The summed E-state index contributed by atoms with van der Waals surface area (Å²) in [5.41, 5.74) is 3.11. The van der Waals surface area contributed by atoms with E-state index in [0.717, 1.165) is 22.4 Å². The van der Waals surface area contributed by atoms with Gasteiger partial charge in [-0.1, -0.05) is 53.0 Å². The highest BCUT2D eigenvalue weighted by Gasteiger charge is 2.20. The van der Waals surface area contributed by atoms with E-state index < -0.39 is 0 Å². The number of rotatable bonds is 5. The Labute approximate surface area is 189 Å². The summed E-state index contributed by atoms with van der Waals surface area (Å²) in [6.07, 6.45) is 0. The van der Waals surface area contributed by atoms with Gasteiger partial charge in [0.05, 0.1) is 23.6 Å². The summed E-state index contributed by atoms with van der Waals surface area (Å²) in [7, 11) is 0. The van der Waals surface area contributed by atoms with Gasteiger partial charge in [0.2, 0.25) is 0 Å². The van der Waals surface area contributed by atoms with Crippen LogP contribution in [0.4, 0.5) is 0 Å². The van der Waals surface area contributed by atoms with Crippen LogP contribution in [0, 0.1) is 0 Å². The number of benzene rings is 3. The summed E-state index contributed by atoms with van der Waals surface area (Å²) in [5.74, 6) is 0.517. The highest BCUT2D eigenvalue weighted by molar-refractivity contribution is 6.36. The number of carbonyl (C=O) groups excluding carboxylic acids is 1. The first-order valence-corrected chi connectivity index (χ1v) is 10.5. The van der Waals surface area contributed by atoms with E-state index >= 15 is 0 Å². The molecule has 152 valence electrons. The minimum absolute atomic E-state index is 0.200. The van der Waals surface area contributed by atoms with Gasteiger partial charge in [0, 0.05) is 26.2 Å². The Morgan fingerprint density at radius 1 is 0.967 bits per heavy atom. The van der Waals surface area contributed by atoms with Gasteiger partial charge in [0.15, 0.2) is 0 Å². The molecule has 1 N–H and O–H groups in total. The molecule has 1 amide bonds. The van der Waals surface area contributed by atoms with Crippen LogP contribution in [-0.2, 0) is 6.54 Å². The van der Waals surface area contributed by atoms with Gasteiger partial charge in [0.25, 0.3) is 5.91 Å². The van der Waals surface area contributed by atoms with Crippen LogP contribution in [-0.4, -0.2) is 15.5 Å². The summed E-state index contributed by atoms with van der Waals surface area (Å²) in [4.78, 5) is 17.5. The Bertz CT molecular complexity index is 1200. The van der Waals surface area contributed by atoms with E-state index in [1.807, 2.05) is 54.0 Å². The van der Waals surface area contributed by atoms with Crippen LogP contribution in [0.1, 0.15) is 34.7 Å². The van der Waals surface area contributed by atoms with Crippen molar-refractivity contribution < 1.29 is 4.79 Å². The zero-order chi connectivity index (χ0) is 21.3. The molecular formula is C23H18Cl3N3O. The maximum Gasteiger partial charge on any atom is 0.251 e. The van der Waals surface area contributed by atoms with Crippen molar-refractivity contribution in [3.05, 3.63) is 98.7 Å². The van der Waals surface area contributed by atoms with Crippen molar-refractivity contribution in [2.45, 2.75) is 19.5 Å². The molecule has 0 radical (unpaired) electrons. The number of nitrogens with one attached hydrogen (secondary N) is 1. The quantitative estimate of drug-likeness (QED) is 0.369. The van der Waals surface area contributed by atoms with E-state index in [1.54, 1.807) is 24.3 Å². The first-order chi connectivity index (χ1) is 14.4. The van der Waals surface area contributed by atoms with Gasteiger partial charge in [-0.15, -0.1) is 0 Å². The summed E-state index contributed by atoms with van der Waals surface area (Å²) >= 11 is 18.7. The number of nitrogens with zero attached hydrogens (tertiary/aromatic N) is 2. The first-order valence-electron chi connectivity index (χ1n) is 9.38. The van der Waals surface area contributed by atoms with Crippen molar-refractivity contribution in [3.8, 4) is 0 Å². The van der Waals surface area contributed by atoms with Gasteiger partial charge >= 0.3 is 0 Å². The lowest BCUT2D eigenvalue weighted by atomic mass is 10.2. The minimum Gasteiger partial charge on any atom is -0.342 e. The molecule has 0 fully saturated rings. The first kappa shape index (κ1) is 20.7. The van der Waals surface area contributed by atoms with Crippen molar-refractivity contribution >= 4 is 51.7 Å². The lowest BCUT2D eigenvalue weighted by molar-refractivity contribution is 0.0938. The Hall–Kier alpha value is -2.53. The fourth-order valence-electron chi connectivity index (χ4n) is 3.38. The number of aromatic nitrogens is 2. The van der Waals surface area contributed by atoms with Gasteiger partial charge in [-0.3, -0.25) is 4.79 Å². The molecule has 0 bridgehead atoms. The van der Waals surface area contributed by atoms with E-state index in [2.05, 4.69) is 5.32 Å². The molecule has 30 heavy (non-hydrogen) atoms. The van der Waals surface area contributed by atoms with E-state index in [4.69, 9.17) is 39.8 Å². The number of carbonyl (C=O) groups is 1. The lowest BCUT2D eigenvalue weighted by Crippen LogP contribution is -2.28. The van der Waals surface area contributed by atoms with Crippen molar-refractivity contribution in [1.29, 1.82) is 0 Å². The molecule has 0 aliphatic carbocycles. The summed E-state index contributed by atoms with van der Waals surface area (Å²) in [6, 6.07) is 19.7. The second-order valence-electron chi connectivity index (χ2n) is 6.95. The minimum atomic E-state index is -0.346. The molecular weight excluding hydrogens is 441 g/mol. The molecule has 3 aromatic carbocycles. The van der Waals surface area contributed by atoms with Crippen LogP contribution >= 0.6 is 34.8 Å². The number of imidazole rings is 1. The Morgan fingerprint density at radius 2 is 1.63 bits per heavy atom. The van der Waals surface area contributed by atoms with E-state index in [0.29, 0.717) is 27.2 Å². The standard InChI is InChI=1S/C23H18Cl3N3O/c1-14(27-23(30)15-9-11-16(24)12-10-15)22-28-20-7-2-3-8-21(20)29(22)13-17-18(25)5-4-6-19(17)26/h2-12,14H,13H2,1H3,(H,27,30). The molecule has 4 rings (SSSR count). The van der Waals surface area contributed by atoms with Gasteiger partial charge < -0.3 is 9.88 Å². The molecule has 0 spiro atoms.